The van der Waals surface area contributed by atoms with Crippen molar-refractivity contribution in [3.63, 3.8) is 0 Å². The molecule has 4 heteroatoms. The Balaban J connectivity index is 2.69. The predicted molar refractivity (Wildman–Crippen MR) is 80.7 cm³/mol. The lowest BCUT2D eigenvalue weighted by Gasteiger charge is -2.10. The van der Waals surface area contributed by atoms with E-state index in [1.54, 1.807) is 0 Å². The van der Waals surface area contributed by atoms with E-state index in [4.69, 9.17) is 0 Å². The molecule has 1 aromatic carbocycles. The van der Waals surface area contributed by atoms with Crippen LogP contribution in [0.4, 0.5) is 5.82 Å². The van der Waals surface area contributed by atoms with Gasteiger partial charge in [-0.1, -0.05) is 29.3 Å². The van der Waals surface area contributed by atoms with Gasteiger partial charge in [-0.3, -0.25) is 0 Å². The third-order valence-electron chi connectivity index (χ3n) is 2.67. The molecule has 1 aromatic heterocycles. The zero-order valence-corrected chi connectivity index (χ0v) is 13.0. The Bertz CT molecular complexity index is 553. The number of nitrogens with zero attached hydrogens (tertiary/aromatic N) is 1. The highest BCUT2D eigenvalue weighted by molar-refractivity contribution is 9.11. The highest BCUT2D eigenvalue weighted by Gasteiger charge is 2.08. The van der Waals surface area contributed by atoms with Crippen LogP contribution in [-0.2, 0) is 6.42 Å². The van der Waals surface area contributed by atoms with Crippen LogP contribution in [0.15, 0.2) is 27.1 Å². The minimum absolute atomic E-state index is 0.974. The van der Waals surface area contributed by atoms with Crippen LogP contribution in [0.25, 0.3) is 10.9 Å². The minimum Gasteiger partial charge on any atom is -0.373 e. The monoisotopic (exact) mass is 356 g/mol. The van der Waals surface area contributed by atoms with Crippen LogP contribution in [0, 0.1) is 0 Å². The van der Waals surface area contributed by atoms with Crippen molar-refractivity contribution in [3.8, 4) is 0 Å². The number of fused-ring (bicyclic) bond motifs is 1. The number of halogens is 2. The molecule has 2 rings (SSSR count). The second kappa shape index (κ2) is 5.36. The maximum absolute atomic E-state index is 4.67. The predicted octanol–water partition coefficient (Wildman–Crippen LogP) is 4.75. The third kappa shape index (κ3) is 2.63. The number of benzene rings is 1. The maximum atomic E-state index is 4.67. The molecule has 1 N–H and O–H groups in total. The number of aromatic nitrogens is 1. The molecule has 1 heterocycles. The van der Waals surface area contributed by atoms with E-state index in [-0.39, 0.29) is 0 Å². The SMILES string of the molecule is CCCc1cc2cc(Br)cc(Br)c2nc1NC. The highest BCUT2D eigenvalue weighted by atomic mass is 79.9. The summed E-state index contributed by atoms with van der Waals surface area (Å²) in [6.45, 7) is 2.18. The first kappa shape index (κ1) is 12.8. The van der Waals surface area contributed by atoms with Gasteiger partial charge in [-0.15, -0.1) is 0 Å². The number of anilines is 1. The summed E-state index contributed by atoms with van der Waals surface area (Å²) in [4.78, 5) is 4.67. The molecule has 0 aliphatic rings. The van der Waals surface area contributed by atoms with E-state index in [9.17, 15) is 0 Å². The maximum Gasteiger partial charge on any atom is 0.129 e. The topological polar surface area (TPSA) is 24.9 Å². The van der Waals surface area contributed by atoms with Gasteiger partial charge in [-0.25, -0.2) is 4.98 Å². The van der Waals surface area contributed by atoms with Crippen molar-refractivity contribution in [2.75, 3.05) is 12.4 Å². The fourth-order valence-corrected chi connectivity index (χ4v) is 3.28. The van der Waals surface area contributed by atoms with Gasteiger partial charge in [0.1, 0.15) is 5.82 Å². The Labute approximate surface area is 118 Å². The van der Waals surface area contributed by atoms with Crippen LogP contribution in [0.1, 0.15) is 18.9 Å². The summed E-state index contributed by atoms with van der Waals surface area (Å²) in [6.07, 6.45) is 2.17. The van der Waals surface area contributed by atoms with Crippen LogP contribution in [-0.4, -0.2) is 12.0 Å². The van der Waals surface area contributed by atoms with Gasteiger partial charge in [0.05, 0.1) is 5.52 Å². The molecule has 0 bridgehead atoms. The molecular formula is C13H14Br2N2. The molecule has 90 valence electrons. The van der Waals surface area contributed by atoms with Gasteiger partial charge in [0.15, 0.2) is 0 Å². The molecule has 0 aliphatic carbocycles. The Hall–Kier alpha value is -0.610. The first-order valence-corrected chi connectivity index (χ1v) is 7.20. The van der Waals surface area contributed by atoms with Crippen LogP contribution in [0.2, 0.25) is 0 Å². The zero-order valence-electron chi connectivity index (χ0n) is 9.85. The average molecular weight is 358 g/mol. The van der Waals surface area contributed by atoms with E-state index in [0.29, 0.717) is 0 Å². The molecule has 17 heavy (non-hydrogen) atoms. The summed E-state index contributed by atoms with van der Waals surface area (Å²) >= 11 is 7.06. The van der Waals surface area contributed by atoms with E-state index in [1.807, 2.05) is 13.1 Å². The van der Waals surface area contributed by atoms with Crippen molar-refractivity contribution in [1.29, 1.82) is 0 Å². The molecule has 0 atom stereocenters. The van der Waals surface area contributed by atoms with E-state index in [1.165, 1.54) is 5.56 Å². The lowest BCUT2D eigenvalue weighted by molar-refractivity contribution is 0.918. The summed E-state index contributed by atoms with van der Waals surface area (Å²) < 4.78 is 2.08. The van der Waals surface area contributed by atoms with E-state index >= 15 is 0 Å². The van der Waals surface area contributed by atoms with Gasteiger partial charge in [-0.2, -0.15) is 0 Å². The van der Waals surface area contributed by atoms with E-state index < -0.39 is 0 Å². The lowest BCUT2D eigenvalue weighted by Crippen LogP contribution is -1.99. The van der Waals surface area contributed by atoms with Crippen LogP contribution >= 0.6 is 31.9 Å². The summed E-state index contributed by atoms with van der Waals surface area (Å²) in [6, 6.07) is 6.34. The summed E-state index contributed by atoms with van der Waals surface area (Å²) in [5.74, 6) is 0.974. The quantitative estimate of drug-likeness (QED) is 0.856. The summed E-state index contributed by atoms with van der Waals surface area (Å²) in [5, 5.41) is 4.33. The van der Waals surface area contributed by atoms with Crippen molar-refractivity contribution in [3.05, 3.63) is 32.7 Å². The normalized spacial score (nSPS) is 10.8. The van der Waals surface area contributed by atoms with Crippen molar-refractivity contribution in [1.82, 2.24) is 4.98 Å². The number of nitrogens with one attached hydrogen (secondary N) is 1. The summed E-state index contributed by atoms with van der Waals surface area (Å²) in [7, 11) is 1.92. The first-order valence-electron chi connectivity index (χ1n) is 5.62. The molecule has 0 fully saturated rings. The molecular weight excluding hydrogens is 344 g/mol. The smallest absolute Gasteiger partial charge is 0.129 e. The zero-order chi connectivity index (χ0) is 12.4. The summed E-state index contributed by atoms with van der Waals surface area (Å²) in [5.41, 5.74) is 2.27. The van der Waals surface area contributed by atoms with Gasteiger partial charge < -0.3 is 5.32 Å². The number of rotatable bonds is 3. The van der Waals surface area contributed by atoms with Gasteiger partial charge in [0.2, 0.25) is 0 Å². The number of aryl methyl sites for hydroxylation is 1. The lowest BCUT2D eigenvalue weighted by atomic mass is 10.1. The Morgan fingerprint density at radius 2 is 2.00 bits per heavy atom. The molecule has 0 radical (unpaired) electrons. The number of hydrogen-bond donors (Lipinski definition) is 1. The van der Waals surface area contributed by atoms with Gasteiger partial charge in [0, 0.05) is 21.4 Å². The molecule has 0 saturated heterocycles. The molecule has 2 nitrogen and oxygen atoms in total. The van der Waals surface area contributed by atoms with Gasteiger partial charge in [-0.05, 0) is 46.1 Å². The standard InChI is InChI=1S/C13H14Br2N2/c1-3-4-8-5-9-6-10(14)7-11(15)12(9)17-13(8)16-2/h5-7H,3-4H2,1-2H3,(H,16,17). The van der Waals surface area contributed by atoms with Crippen LogP contribution < -0.4 is 5.32 Å². The van der Waals surface area contributed by atoms with Crippen LogP contribution in [0.3, 0.4) is 0 Å². The Kier molecular flexibility index (Phi) is 4.05. The fourth-order valence-electron chi connectivity index (χ4n) is 1.93. The molecule has 0 saturated carbocycles. The number of pyridine rings is 1. The second-order valence-corrected chi connectivity index (χ2v) is 5.73. The molecule has 0 spiro atoms. The van der Waals surface area contributed by atoms with Crippen molar-refractivity contribution < 1.29 is 0 Å². The van der Waals surface area contributed by atoms with Gasteiger partial charge >= 0.3 is 0 Å². The fraction of sp³-hybridized carbons (Fsp3) is 0.308. The number of hydrogen-bond acceptors (Lipinski definition) is 2. The van der Waals surface area contributed by atoms with Crippen molar-refractivity contribution >= 4 is 48.6 Å². The van der Waals surface area contributed by atoms with E-state index in [2.05, 4.69) is 61.2 Å². The largest absolute Gasteiger partial charge is 0.373 e. The minimum atomic E-state index is 0.974. The van der Waals surface area contributed by atoms with Crippen molar-refractivity contribution in [2.45, 2.75) is 19.8 Å². The molecule has 2 aromatic rings. The molecule has 0 unspecified atom stereocenters. The molecule has 0 amide bonds. The highest BCUT2D eigenvalue weighted by Crippen LogP contribution is 2.30. The molecule has 0 aliphatic heterocycles. The first-order chi connectivity index (χ1) is 8.15. The average Bonchev–Trinajstić information content (AvgIpc) is 2.28. The van der Waals surface area contributed by atoms with E-state index in [0.717, 1.165) is 38.5 Å². The van der Waals surface area contributed by atoms with Crippen LogP contribution in [0.5, 0.6) is 0 Å². The Morgan fingerprint density at radius 3 is 2.65 bits per heavy atom. The second-order valence-electron chi connectivity index (χ2n) is 3.96. The van der Waals surface area contributed by atoms with Gasteiger partial charge in [0.25, 0.3) is 0 Å². The Morgan fingerprint density at radius 1 is 1.24 bits per heavy atom. The van der Waals surface area contributed by atoms with Crippen molar-refractivity contribution in [2.24, 2.45) is 0 Å². The third-order valence-corrected chi connectivity index (χ3v) is 3.73.